The van der Waals surface area contributed by atoms with Crippen molar-refractivity contribution in [2.45, 2.75) is 6.92 Å². The first-order valence-corrected chi connectivity index (χ1v) is 4.79. The maximum atomic E-state index is 5.73. The number of hydrogen-bond donors (Lipinski definition) is 2. The zero-order valence-corrected chi connectivity index (χ0v) is 8.77. The van der Waals surface area contributed by atoms with Crippen molar-refractivity contribution in [1.82, 2.24) is 5.32 Å². The average Bonchev–Trinajstić information content (AvgIpc) is 2.24. The van der Waals surface area contributed by atoms with Crippen molar-refractivity contribution in [1.29, 1.82) is 0 Å². The Bertz CT molecular complexity index is 334. The molecule has 3 N–H and O–H groups in total. The largest absolute Gasteiger partial charge is 0.382 e. The molecule has 1 aliphatic rings. The number of rotatable bonds is 3. The van der Waals surface area contributed by atoms with E-state index in [0.29, 0.717) is 11.8 Å². The van der Waals surface area contributed by atoms with Gasteiger partial charge in [0.05, 0.1) is 0 Å². The third-order valence-corrected chi connectivity index (χ3v) is 1.97. The van der Waals surface area contributed by atoms with Gasteiger partial charge in [0.1, 0.15) is 6.54 Å². The lowest BCUT2D eigenvalue weighted by molar-refractivity contribution is 0.591. The molecule has 15 heavy (non-hydrogen) atoms. The Kier molecular flexibility index (Phi) is 4.51. The van der Waals surface area contributed by atoms with E-state index in [0.717, 1.165) is 18.7 Å². The molecule has 0 amide bonds. The molecule has 1 rings (SSSR count). The van der Waals surface area contributed by atoms with Crippen molar-refractivity contribution in [2.24, 2.45) is 27.1 Å². The minimum Gasteiger partial charge on any atom is -0.382 e. The number of hydrogen-bond acceptors (Lipinski definition) is 3. The van der Waals surface area contributed by atoms with E-state index < -0.39 is 0 Å². The molecule has 0 radical (unpaired) electrons. The second-order valence-electron chi connectivity index (χ2n) is 3.38. The van der Waals surface area contributed by atoms with Gasteiger partial charge in [0.2, 0.25) is 0 Å². The highest BCUT2D eigenvalue weighted by Gasteiger charge is 2.11. The summed E-state index contributed by atoms with van der Waals surface area (Å²) in [6.45, 7) is 4.03. The van der Waals surface area contributed by atoms with Crippen LogP contribution in [0.5, 0.6) is 0 Å². The monoisotopic (exact) mass is 205 g/mol. The number of nitrogens with zero attached hydrogens (tertiary/aromatic N) is 3. The fraction of sp³-hybridized carbons (Fsp3) is 0.500. The zero-order valence-electron chi connectivity index (χ0n) is 8.77. The smallest absolute Gasteiger partial charge is 0.152 e. The molecule has 1 aliphatic heterocycles. The lowest BCUT2D eigenvalue weighted by atomic mass is 10.0. The molecule has 5 nitrogen and oxygen atoms in total. The second-order valence-corrected chi connectivity index (χ2v) is 3.38. The van der Waals surface area contributed by atoms with E-state index in [9.17, 15) is 0 Å². The predicted molar refractivity (Wildman–Crippen MR) is 60.3 cm³/mol. The van der Waals surface area contributed by atoms with Crippen LogP contribution in [-0.4, -0.2) is 25.5 Å². The van der Waals surface area contributed by atoms with E-state index in [1.54, 1.807) is 0 Å². The number of nitrogens with one attached hydrogen (secondary N) is 1. The molecule has 1 atom stereocenters. The quantitative estimate of drug-likeness (QED) is 0.231. The molecule has 1 heterocycles. The molecule has 0 bridgehead atoms. The molecule has 0 aromatic heterocycles. The SMILES string of the molecule is C#CCN=N/N=C(\N)C1=CC(C)CNC1. The fourth-order valence-electron chi connectivity index (χ4n) is 1.29. The predicted octanol–water partition coefficient (Wildman–Crippen LogP) is 0.510. The van der Waals surface area contributed by atoms with Gasteiger partial charge in [-0.15, -0.1) is 11.5 Å². The lowest BCUT2D eigenvalue weighted by Gasteiger charge is -2.17. The zero-order chi connectivity index (χ0) is 11.1. The van der Waals surface area contributed by atoms with Gasteiger partial charge in [-0.25, -0.2) is 0 Å². The average molecular weight is 205 g/mol. The van der Waals surface area contributed by atoms with Crippen molar-refractivity contribution in [3.8, 4) is 12.3 Å². The molecule has 0 aliphatic carbocycles. The van der Waals surface area contributed by atoms with E-state index in [2.05, 4.69) is 39.7 Å². The molecular weight excluding hydrogens is 190 g/mol. The van der Waals surface area contributed by atoms with Crippen LogP contribution < -0.4 is 11.1 Å². The Morgan fingerprint density at radius 2 is 2.60 bits per heavy atom. The molecule has 0 aromatic rings. The molecule has 0 saturated heterocycles. The van der Waals surface area contributed by atoms with Crippen LogP contribution in [0.15, 0.2) is 27.1 Å². The van der Waals surface area contributed by atoms with Crippen LogP contribution in [0.4, 0.5) is 0 Å². The maximum Gasteiger partial charge on any atom is 0.152 e. The number of terminal acetylenes is 1. The highest BCUT2D eigenvalue weighted by molar-refractivity contribution is 5.97. The van der Waals surface area contributed by atoms with Crippen LogP contribution in [0.2, 0.25) is 0 Å². The van der Waals surface area contributed by atoms with Crippen LogP contribution in [0.1, 0.15) is 6.92 Å². The van der Waals surface area contributed by atoms with Gasteiger partial charge >= 0.3 is 0 Å². The van der Waals surface area contributed by atoms with Crippen molar-refractivity contribution >= 4 is 5.84 Å². The van der Waals surface area contributed by atoms with Crippen molar-refractivity contribution in [3.05, 3.63) is 11.6 Å². The van der Waals surface area contributed by atoms with Crippen molar-refractivity contribution < 1.29 is 0 Å². The van der Waals surface area contributed by atoms with E-state index in [1.165, 1.54) is 0 Å². The normalized spacial score (nSPS) is 22.5. The first kappa shape index (κ1) is 11.4. The summed E-state index contributed by atoms with van der Waals surface area (Å²) in [6.07, 6.45) is 7.09. The van der Waals surface area contributed by atoms with Crippen LogP contribution >= 0.6 is 0 Å². The van der Waals surface area contributed by atoms with Crippen molar-refractivity contribution in [3.63, 3.8) is 0 Å². The third-order valence-electron chi connectivity index (χ3n) is 1.97. The van der Waals surface area contributed by atoms with Gasteiger partial charge in [0.25, 0.3) is 0 Å². The summed E-state index contributed by atoms with van der Waals surface area (Å²) in [4.78, 5) is 0. The summed E-state index contributed by atoms with van der Waals surface area (Å²) in [5, 5.41) is 14.2. The van der Waals surface area contributed by atoms with Gasteiger partial charge in [-0.3, -0.25) is 0 Å². The summed E-state index contributed by atoms with van der Waals surface area (Å²) in [7, 11) is 0. The van der Waals surface area contributed by atoms with Gasteiger partial charge < -0.3 is 11.1 Å². The standard InChI is InChI=1S/C10H15N5/c1-3-4-13-15-14-10(11)9-5-8(2)6-12-7-9/h1,5,8,12H,4,6-7H2,2H3,(H2,11,13,14). The van der Waals surface area contributed by atoms with E-state index in [-0.39, 0.29) is 6.54 Å². The Morgan fingerprint density at radius 1 is 1.80 bits per heavy atom. The van der Waals surface area contributed by atoms with Gasteiger partial charge in [0, 0.05) is 18.7 Å². The summed E-state index contributed by atoms with van der Waals surface area (Å²) in [5.74, 6) is 3.19. The molecule has 0 aromatic carbocycles. The Labute approximate surface area is 89.5 Å². The lowest BCUT2D eigenvalue weighted by Crippen LogP contribution is -2.33. The van der Waals surface area contributed by atoms with Gasteiger partial charge in [-0.05, 0) is 11.1 Å². The fourth-order valence-corrected chi connectivity index (χ4v) is 1.29. The summed E-state index contributed by atoms with van der Waals surface area (Å²) in [6, 6.07) is 0. The van der Waals surface area contributed by atoms with E-state index in [1.807, 2.05) is 0 Å². The molecule has 1 unspecified atom stereocenters. The summed E-state index contributed by atoms with van der Waals surface area (Å²) >= 11 is 0. The molecular formula is C10H15N5. The second kappa shape index (κ2) is 5.94. The molecule has 5 heteroatoms. The van der Waals surface area contributed by atoms with Gasteiger partial charge in [-0.1, -0.05) is 18.9 Å². The Morgan fingerprint density at radius 3 is 3.27 bits per heavy atom. The Hall–Kier alpha value is -1.67. The molecule has 0 fully saturated rings. The topological polar surface area (TPSA) is 75.1 Å². The highest BCUT2D eigenvalue weighted by atomic mass is 15.4. The van der Waals surface area contributed by atoms with Crippen LogP contribution in [0.25, 0.3) is 0 Å². The van der Waals surface area contributed by atoms with Crippen LogP contribution in [0.3, 0.4) is 0 Å². The third kappa shape index (κ3) is 3.92. The van der Waals surface area contributed by atoms with Gasteiger partial charge in [-0.2, -0.15) is 5.11 Å². The highest BCUT2D eigenvalue weighted by Crippen LogP contribution is 2.07. The first-order chi connectivity index (χ1) is 7.24. The molecule has 0 spiro atoms. The van der Waals surface area contributed by atoms with Crippen LogP contribution in [0, 0.1) is 18.3 Å². The summed E-state index contributed by atoms with van der Waals surface area (Å²) < 4.78 is 0. The number of nitrogens with two attached hydrogens (primary N) is 1. The first-order valence-electron chi connectivity index (χ1n) is 4.79. The van der Waals surface area contributed by atoms with Gasteiger partial charge in [0.15, 0.2) is 5.84 Å². The molecule has 80 valence electrons. The van der Waals surface area contributed by atoms with E-state index >= 15 is 0 Å². The van der Waals surface area contributed by atoms with Crippen molar-refractivity contribution in [2.75, 3.05) is 19.6 Å². The number of amidine groups is 1. The Balaban J connectivity index is 2.59. The van der Waals surface area contributed by atoms with E-state index in [4.69, 9.17) is 12.2 Å². The summed E-state index contributed by atoms with van der Waals surface area (Å²) in [5.41, 5.74) is 6.70. The van der Waals surface area contributed by atoms with Crippen LogP contribution in [-0.2, 0) is 0 Å². The minimum atomic E-state index is 0.227. The maximum absolute atomic E-state index is 5.73. The minimum absolute atomic E-state index is 0.227. The molecule has 0 saturated carbocycles.